The second kappa shape index (κ2) is 6.06. The zero-order valence-electron chi connectivity index (χ0n) is 11.5. The lowest BCUT2D eigenvalue weighted by Crippen LogP contribution is -2.30. The van der Waals surface area contributed by atoms with E-state index >= 15 is 0 Å². The number of rotatable bonds is 6. The van der Waals surface area contributed by atoms with Gasteiger partial charge in [0.05, 0.1) is 6.10 Å². The van der Waals surface area contributed by atoms with Crippen molar-refractivity contribution < 1.29 is 14.6 Å². The number of nitrogens with one attached hydrogen (secondary N) is 1. The molecule has 2 rings (SSSR count). The van der Waals surface area contributed by atoms with Gasteiger partial charge in [0.15, 0.2) is 6.61 Å². The van der Waals surface area contributed by atoms with Gasteiger partial charge in [0, 0.05) is 12.1 Å². The van der Waals surface area contributed by atoms with E-state index in [-0.39, 0.29) is 12.5 Å². The number of benzene rings is 1. The lowest BCUT2D eigenvalue weighted by atomic mass is 10.1. The first-order chi connectivity index (χ1) is 9.06. The van der Waals surface area contributed by atoms with Crippen LogP contribution in [-0.4, -0.2) is 24.2 Å². The Morgan fingerprint density at radius 1 is 1.53 bits per heavy atom. The fourth-order valence-electron chi connectivity index (χ4n) is 1.90. The van der Waals surface area contributed by atoms with Crippen molar-refractivity contribution in [1.82, 2.24) is 5.32 Å². The van der Waals surface area contributed by atoms with Crippen LogP contribution >= 0.6 is 0 Å². The number of aliphatic hydroxyl groups excluding tert-OH is 1. The van der Waals surface area contributed by atoms with Crippen molar-refractivity contribution in [3.8, 4) is 5.75 Å². The molecule has 4 heteroatoms. The molecule has 4 nitrogen and oxygen atoms in total. The third kappa shape index (κ3) is 4.24. The predicted octanol–water partition coefficient (Wildman–Crippen LogP) is 1.95. The van der Waals surface area contributed by atoms with Crippen molar-refractivity contribution >= 4 is 5.91 Å². The van der Waals surface area contributed by atoms with Gasteiger partial charge >= 0.3 is 0 Å². The first-order valence-electron chi connectivity index (χ1n) is 6.74. The van der Waals surface area contributed by atoms with Crippen LogP contribution in [0, 0.1) is 12.8 Å². The molecule has 0 bridgehead atoms. The minimum absolute atomic E-state index is 0.00446. The van der Waals surface area contributed by atoms with E-state index in [1.807, 2.05) is 19.1 Å². The molecular weight excluding hydrogens is 242 g/mol. The molecule has 1 aromatic rings. The second-order valence-corrected chi connectivity index (χ2v) is 5.25. The molecule has 1 saturated carbocycles. The van der Waals surface area contributed by atoms with Crippen LogP contribution in [0.3, 0.4) is 0 Å². The number of carbonyl (C=O) groups excluding carboxylic acids is 1. The van der Waals surface area contributed by atoms with Crippen LogP contribution in [0.15, 0.2) is 18.2 Å². The molecule has 1 amide bonds. The van der Waals surface area contributed by atoms with Gasteiger partial charge in [-0.25, -0.2) is 0 Å². The lowest BCUT2D eigenvalue weighted by molar-refractivity contribution is -0.123. The van der Waals surface area contributed by atoms with Gasteiger partial charge in [-0.05, 0) is 44.7 Å². The number of amides is 1. The number of ether oxygens (including phenoxy) is 1. The van der Waals surface area contributed by atoms with E-state index in [2.05, 4.69) is 5.32 Å². The van der Waals surface area contributed by atoms with E-state index in [1.54, 1.807) is 13.0 Å². The van der Waals surface area contributed by atoms with Crippen LogP contribution in [0.25, 0.3) is 0 Å². The van der Waals surface area contributed by atoms with Gasteiger partial charge in [-0.15, -0.1) is 0 Å². The average Bonchev–Trinajstić information content (AvgIpc) is 3.18. The molecule has 1 aliphatic carbocycles. The lowest BCUT2D eigenvalue weighted by Gasteiger charge is -2.14. The molecule has 19 heavy (non-hydrogen) atoms. The molecule has 1 atom stereocenters. The summed E-state index contributed by atoms with van der Waals surface area (Å²) in [6.45, 7) is 4.39. The van der Waals surface area contributed by atoms with Gasteiger partial charge < -0.3 is 15.2 Å². The summed E-state index contributed by atoms with van der Waals surface area (Å²) in [5.74, 6) is 1.13. The number of hydrogen-bond donors (Lipinski definition) is 2. The molecule has 1 aromatic carbocycles. The summed E-state index contributed by atoms with van der Waals surface area (Å²) in [6, 6.07) is 5.58. The summed E-state index contributed by atoms with van der Waals surface area (Å²) >= 11 is 0. The van der Waals surface area contributed by atoms with Crippen molar-refractivity contribution in [2.24, 2.45) is 5.92 Å². The maximum absolute atomic E-state index is 11.6. The third-order valence-electron chi connectivity index (χ3n) is 3.26. The first-order valence-corrected chi connectivity index (χ1v) is 6.74. The maximum atomic E-state index is 11.6. The Bertz CT molecular complexity index is 453. The Hall–Kier alpha value is -1.55. The molecule has 1 fully saturated rings. The number of hydrogen-bond acceptors (Lipinski definition) is 3. The summed E-state index contributed by atoms with van der Waals surface area (Å²) in [6.07, 6.45) is 1.82. The van der Waals surface area contributed by atoms with Gasteiger partial charge in [-0.2, -0.15) is 0 Å². The highest BCUT2D eigenvalue weighted by Gasteiger charge is 2.21. The molecule has 1 aliphatic rings. The summed E-state index contributed by atoms with van der Waals surface area (Å²) < 4.78 is 5.50. The minimum atomic E-state index is -0.607. The fourth-order valence-corrected chi connectivity index (χ4v) is 1.90. The van der Waals surface area contributed by atoms with Crippen molar-refractivity contribution in [3.63, 3.8) is 0 Å². The molecule has 2 N–H and O–H groups in total. The van der Waals surface area contributed by atoms with E-state index in [1.165, 1.54) is 12.8 Å². The highest BCUT2D eigenvalue weighted by Crippen LogP contribution is 2.28. The van der Waals surface area contributed by atoms with E-state index in [9.17, 15) is 9.90 Å². The third-order valence-corrected chi connectivity index (χ3v) is 3.26. The Balaban J connectivity index is 1.88. The summed E-state index contributed by atoms with van der Waals surface area (Å²) in [4.78, 5) is 11.6. The van der Waals surface area contributed by atoms with Crippen LogP contribution in [0.4, 0.5) is 0 Å². The van der Waals surface area contributed by atoms with Crippen molar-refractivity contribution in [2.45, 2.75) is 32.8 Å². The predicted molar refractivity (Wildman–Crippen MR) is 73.0 cm³/mol. The zero-order valence-corrected chi connectivity index (χ0v) is 11.5. The smallest absolute Gasteiger partial charge is 0.257 e. The summed E-state index contributed by atoms with van der Waals surface area (Å²) in [7, 11) is 0. The first kappa shape index (κ1) is 13.9. The van der Waals surface area contributed by atoms with E-state index in [0.717, 1.165) is 17.7 Å². The molecule has 0 saturated heterocycles. The van der Waals surface area contributed by atoms with Crippen LogP contribution in [0.5, 0.6) is 5.75 Å². The second-order valence-electron chi connectivity index (χ2n) is 5.25. The highest BCUT2D eigenvalue weighted by molar-refractivity contribution is 5.77. The van der Waals surface area contributed by atoms with Crippen LogP contribution in [-0.2, 0) is 4.79 Å². The Morgan fingerprint density at radius 2 is 2.26 bits per heavy atom. The molecular formula is C15H21NO3. The molecule has 0 aromatic heterocycles. The summed E-state index contributed by atoms with van der Waals surface area (Å²) in [5.41, 5.74) is 1.77. The van der Waals surface area contributed by atoms with E-state index in [0.29, 0.717) is 11.7 Å². The number of aliphatic hydroxyl groups is 1. The van der Waals surface area contributed by atoms with Gasteiger partial charge in [0.2, 0.25) is 0 Å². The SMILES string of the molecule is Cc1ccc(OCC(=O)NCC2CC2)c(C(C)O)c1. The Kier molecular flexibility index (Phi) is 4.43. The molecule has 0 spiro atoms. The van der Waals surface area contributed by atoms with Crippen LogP contribution in [0.1, 0.15) is 37.0 Å². The van der Waals surface area contributed by atoms with Crippen molar-refractivity contribution in [2.75, 3.05) is 13.2 Å². The van der Waals surface area contributed by atoms with Crippen LogP contribution in [0.2, 0.25) is 0 Å². The molecule has 0 radical (unpaired) electrons. The van der Waals surface area contributed by atoms with Crippen molar-refractivity contribution in [1.29, 1.82) is 0 Å². The maximum Gasteiger partial charge on any atom is 0.257 e. The van der Waals surface area contributed by atoms with Gasteiger partial charge in [-0.3, -0.25) is 4.79 Å². The quantitative estimate of drug-likeness (QED) is 0.824. The average molecular weight is 263 g/mol. The Labute approximate surface area is 113 Å². The summed E-state index contributed by atoms with van der Waals surface area (Å²) in [5, 5.41) is 12.5. The van der Waals surface area contributed by atoms with Gasteiger partial charge in [0.1, 0.15) is 5.75 Å². The molecule has 1 unspecified atom stereocenters. The molecule has 0 aliphatic heterocycles. The standard InChI is InChI=1S/C15H21NO3/c1-10-3-6-14(13(7-10)11(2)17)19-9-15(18)16-8-12-4-5-12/h3,6-7,11-12,17H,4-5,8-9H2,1-2H3,(H,16,18). The Morgan fingerprint density at radius 3 is 2.89 bits per heavy atom. The van der Waals surface area contributed by atoms with E-state index in [4.69, 9.17) is 4.74 Å². The highest BCUT2D eigenvalue weighted by atomic mass is 16.5. The molecule has 104 valence electrons. The van der Waals surface area contributed by atoms with Gasteiger partial charge in [0.25, 0.3) is 5.91 Å². The van der Waals surface area contributed by atoms with Crippen molar-refractivity contribution in [3.05, 3.63) is 29.3 Å². The minimum Gasteiger partial charge on any atom is -0.483 e. The van der Waals surface area contributed by atoms with Crippen LogP contribution < -0.4 is 10.1 Å². The van der Waals surface area contributed by atoms with E-state index < -0.39 is 6.10 Å². The monoisotopic (exact) mass is 263 g/mol. The normalized spacial score (nSPS) is 15.9. The topological polar surface area (TPSA) is 58.6 Å². The fraction of sp³-hybridized carbons (Fsp3) is 0.533. The number of carbonyl (C=O) groups is 1. The van der Waals surface area contributed by atoms with Gasteiger partial charge in [-0.1, -0.05) is 11.6 Å². The molecule has 0 heterocycles. The number of aryl methyl sites for hydroxylation is 1. The largest absolute Gasteiger partial charge is 0.483 e. The zero-order chi connectivity index (χ0) is 13.8.